The highest BCUT2D eigenvalue weighted by atomic mass is 16.5. The summed E-state index contributed by atoms with van der Waals surface area (Å²) in [5.41, 5.74) is 0.883. The fourth-order valence-electron chi connectivity index (χ4n) is 4.66. The predicted octanol–water partition coefficient (Wildman–Crippen LogP) is 3.34. The van der Waals surface area contributed by atoms with Crippen molar-refractivity contribution >= 4 is 11.9 Å². The topological polar surface area (TPSA) is 83.7 Å². The fraction of sp³-hybridized carbons (Fsp3) is 0.625. The molecule has 2 fully saturated rings. The quantitative estimate of drug-likeness (QED) is 0.629. The Morgan fingerprint density at radius 3 is 2.66 bits per heavy atom. The average Bonchev–Trinajstić information content (AvgIpc) is 3.33. The normalized spacial score (nSPS) is 20.3. The molecule has 174 valence electrons. The van der Waals surface area contributed by atoms with E-state index in [4.69, 9.17) is 9.26 Å². The summed E-state index contributed by atoms with van der Waals surface area (Å²) in [6.07, 6.45) is 6.57. The largest absolute Gasteiger partial charge is 0.497 e. The highest BCUT2D eigenvalue weighted by Crippen LogP contribution is 2.26. The van der Waals surface area contributed by atoms with Crippen LogP contribution in [0.4, 0.5) is 6.01 Å². The molecule has 1 aromatic carbocycles. The van der Waals surface area contributed by atoms with Gasteiger partial charge in [0.2, 0.25) is 11.7 Å². The summed E-state index contributed by atoms with van der Waals surface area (Å²) in [6.45, 7) is 6.84. The van der Waals surface area contributed by atoms with Crippen LogP contribution in [0.1, 0.15) is 45.4 Å². The standard InChI is InChI=1S/C24H35N5O3/c1-18-6-3-4-14-28(18)15-5-13-25-23(30)20-11-16-29(17-12-20)24-26-22(27-32-24)19-7-9-21(31-2)10-8-19/h7-10,18,20H,3-6,11-17H2,1-2H3,(H,25,30). The molecule has 4 rings (SSSR count). The van der Waals surface area contributed by atoms with Gasteiger partial charge in [0, 0.05) is 43.7 Å². The van der Waals surface area contributed by atoms with Crippen molar-refractivity contribution in [2.75, 3.05) is 44.7 Å². The zero-order valence-electron chi connectivity index (χ0n) is 19.3. The maximum atomic E-state index is 12.6. The minimum atomic E-state index is 0.0594. The number of methoxy groups -OCH3 is 1. The first-order valence-corrected chi connectivity index (χ1v) is 11.9. The van der Waals surface area contributed by atoms with Crippen molar-refractivity contribution in [1.82, 2.24) is 20.4 Å². The summed E-state index contributed by atoms with van der Waals surface area (Å²) in [7, 11) is 1.64. The third kappa shape index (κ3) is 5.59. The number of hydrogen-bond acceptors (Lipinski definition) is 7. The van der Waals surface area contributed by atoms with Crippen LogP contribution in [-0.4, -0.2) is 66.8 Å². The van der Waals surface area contributed by atoms with Gasteiger partial charge < -0.3 is 24.4 Å². The predicted molar refractivity (Wildman–Crippen MR) is 124 cm³/mol. The molecule has 2 aliphatic rings. The van der Waals surface area contributed by atoms with Crippen molar-refractivity contribution in [2.24, 2.45) is 5.92 Å². The first-order chi connectivity index (χ1) is 15.6. The molecule has 2 aliphatic heterocycles. The summed E-state index contributed by atoms with van der Waals surface area (Å²) in [5.74, 6) is 1.59. The van der Waals surface area contributed by atoms with Crippen molar-refractivity contribution in [3.8, 4) is 17.1 Å². The van der Waals surface area contributed by atoms with Gasteiger partial charge in [-0.15, -0.1) is 0 Å². The van der Waals surface area contributed by atoms with Crippen LogP contribution in [0.2, 0.25) is 0 Å². The number of nitrogens with one attached hydrogen (secondary N) is 1. The minimum absolute atomic E-state index is 0.0594. The molecule has 2 aromatic rings. The van der Waals surface area contributed by atoms with Crippen LogP contribution in [-0.2, 0) is 4.79 Å². The molecule has 0 radical (unpaired) electrons. The van der Waals surface area contributed by atoms with Gasteiger partial charge >= 0.3 is 6.01 Å². The van der Waals surface area contributed by atoms with E-state index in [9.17, 15) is 4.79 Å². The van der Waals surface area contributed by atoms with Crippen molar-refractivity contribution in [3.63, 3.8) is 0 Å². The number of likely N-dealkylation sites (tertiary alicyclic amines) is 1. The summed E-state index contributed by atoms with van der Waals surface area (Å²) in [4.78, 5) is 21.8. The van der Waals surface area contributed by atoms with Gasteiger partial charge in [-0.1, -0.05) is 11.6 Å². The lowest BCUT2D eigenvalue weighted by Gasteiger charge is -2.33. The number of ether oxygens (including phenoxy) is 1. The summed E-state index contributed by atoms with van der Waals surface area (Å²) in [5, 5.41) is 7.26. The zero-order chi connectivity index (χ0) is 22.3. The molecule has 1 amide bonds. The monoisotopic (exact) mass is 441 g/mol. The van der Waals surface area contributed by atoms with E-state index in [2.05, 4.69) is 32.2 Å². The van der Waals surface area contributed by atoms with Crippen molar-refractivity contribution in [3.05, 3.63) is 24.3 Å². The second-order valence-corrected chi connectivity index (χ2v) is 8.92. The minimum Gasteiger partial charge on any atom is -0.497 e. The second-order valence-electron chi connectivity index (χ2n) is 8.92. The molecule has 1 unspecified atom stereocenters. The van der Waals surface area contributed by atoms with Crippen LogP contribution in [0.5, 0.6) is 5.75 Å². The van der Waals surface area contributed by atoms with Crippen LogP contribution in [0, 0.1) is 5.92 Å². The number of carbonyl (C=O) groups excluding carboxylic acids is 1. The van der Waals surface area contributed by atoms with E-state index in [1.54, 1.807) is 7.11 Å². The maximum absolute atomic E-state index is 12.6. The van der Waals surface area contributed by atoms with Crippen molar-refractivity contribution in [2.45, 2.75) is 51.5 Å². The molecule has 0 bridgehead atoms. The third-order valence-corrected chi connectivity index (χ3v) is 6.76. The Morgan fingerprint density at radius 2 is 1.94 bits per heavy atom. The van der Waals surface area contributed by atoms with E-state index in [1.807, 2.05) is 24.3 Å². The first kappa shape index (κ1) is 22.6. The Balaban J connectivity index is 1.19. The van der Waals surface area contributed by atoms with E-state index in [0.717, 1.165) is 56.8 Å². The lowest BCUT2D eigenvalue weighted by Crippen LogP contribution is -2.42. The molecular weight excluding hydrogens is 406 g/mol. The smallest absolute Gasteiger partial charge is 0.324 e. The molecule has 1 aromatic heterocycles. The highest BCUT2D eigenvalue weighted by molar-refractivity contribution is 5.78. The molecule has 1 N–H and O–H groups in total. The number of anilines is 1. The van der Waals surface area contributed by atoms with Gasteiger partial charge in [-0.25, -0.2) is 0 Å². The lowest BCUT2D eigenvalue weighted by molar-refractivity contribution is -0.125. The van der Waals surface area contributed by atoms with Gasteiger partial charge in [-0.3, -0.25) is 4.79 Å². The number of piperidine rings is 2. The number of rotatable bonds is 8. The summed E-state index contributed by atoms with van der Waals surface area (Å²) in [6, 6.07) is 8.78. The zero-order valence-corrected chi connectivity index (χ0v) is 19.3. The summed E-state index contributed by atoms with van der Waals surface area (Å²) < 4.78 is 10.7. The molecule has 0 spiro atoms. The van der Waals surface area contributed by atoms with Gasteiger partial charge in [-0.05, 0) is 69.8 Å². The second kappa shape index (κ2) is 10.8. The number of carbonyl (C=O) groups is 1. The number of nitrogens with zero attached hydrogens (tertiary/aromatic N) is 4. The number of amides is 1. The van der Waals surface area contributed by atoms with E-state index < -0.39 is 0 Å². The molecule has 0 aliphatic carbocycles. The number of benzene rings is 1. The van der Waals surface area contributed by atoms with Gasteiger partial charge in [0.1, 0.15) is 5.75 Å². The molecule has 8 heteroatoms. The Morgan fingerprint density at radius 1 is 1.16 bits per heavy atom. The Kier molecular flexibility index (Phi) is 7.63. The van der Waals surface area contributed by atoms with Gasteiger partial charge in [-0.2, -0.15) is 4.98 Å². The fourth-order valence-corrected chi connectivity index (χ4v) is 4.66. The van der Waals surface area contributed by atoms with Gasteiger partial charge in [0.25, 0.3) is 0 Å². The molecule has 3 heterocycles. The summed E-state index contributed by atoms with van der Waals surface area (Å²) >= 11 is 0. The van der Waals surface area contributed by atoms with Crippen LogP contribution in [0.25, 0.3) is 11.4 Å². The van der Waals surface area contributed by atoms with Crippen LogP contribution in [0.3, 0.4) is 0 Å². The maximum Gasteiger partial charge on any atom is 0.324 e. The van der Waals surface area contributed by atoms with E-state index in [1.165, 1.54) is 25.8 Å². The molecule has 1 atom stereocenters. The Labute approximate surface area is 190 Å². The average molecular weight is 442 g/mol. The Bertz CT molecular complexity index is 861. The molecule has 8 nitrogen and oxygen atoms in total. The van der Waals surface area contributed by atoms with Crippen LogP contribution in [0.15, 0.2) is 28.8 Å². The number of hydrogen-bond donors (Lipinski definition) is 1. The van der Waals surface area contributed by atoms with Gasteiger partial charge in [0.15, 0.2) is 0 Å². The van der Waals surface area contributed by atoms with Gasteiger partial charge in [0.05, 0.1) is 7.11 Å². The highest BCUT2D eigenvalue weighted by Gasteiger charge is 2.27. The Hall–Kier alpha value is -2.61. The first-order valence-electron chi connectivity index (χ1n) is 11.9. The molecule has 0 saturated carbocycles. The van der Waals surface area contributed by atoms with Crippen LogP contribution >= 0.6 is 0 Å². The van der Waals surface area contributed by atoms with Crippen LogP contribution < -0.4 is 15.0 Å². The van der Waals surface area contributed by atoms with Crippen molar-refractivity contribution in [1.29, 1.82) is 0 Å². The number of aromatic nitrogens is 2. The van der Waals surface area contributed by atoms with E-state index in [-0.39, 0.29) is 11.8 Å². The molecule has 2 saturated heterocycles. The molecule has 32 heavy (non-hydrogen) atoms. The lowest BCUT2D eigenvalue weighted by atomic mass is 9.96. The third-order valence-electron chi connectivity index (χ3n) is 6.76. The van der Waals surface area contributed by atoms with Crippen molar-refractivity contribution < 1.29 is 14.1 Å². The van der Waals surface area contributed by atoms with E-state index in [0.29, 0.717) is 17.9 Å². The van der Waals surface area contributed by atoms with E-state index >= 15 is 0 Å². The molecular formula is C24H35N5O3. The SMILES string of the molecule is COc1ccc(-c2noc(N3CCC(C(=O)NCCCN4CCCCC4C)CC3)n2)cc1.